The molecular formula is C11H11N3O2S. The Morgan fingerprint density at radius 2 is 2.00 bits per heavy atom. The Kier molecular flexibility index (Phi) is 3.43. The smallest absolute Gasteiger partial charge is 0.265 e. The summed E-state index contributed by atoms with van der Waals surface area (Å²) in [6, 6.07) is 9.85. The predicted octanol–water partition coefficient (Wildman–Crippen LogP) is 0.761. The molecule has 0 spiro atoms. The van der Waals surface area contributed by atoms with Gasteiger partial charge in [-0.1, -0.05) is 42.1 Å². The number of aromatic amines is 1. The fraction of sp³-hybridized carbons (Fsp3) is 0.182. The van der Waals surface area contributed by atoms with Crippen LogP contribution in [0.1, 0.15) is 5.56 Å². The zero-order valence-electron chi connectivity index (χ0n) is 9.21. The van der Waals surface area contributed by atoms with Gasteiger partial charge in [0.15, 0.2) is 5.16 Å². The van der Waals surface area contributed by atoms with E-state index < -0.39 is 11.1 Å². The summed E-state index contributed by atoms with van der Waals surface area (Å²) in [6.07, 6.45) is 0. The Bertz CT molecular complexity index is 619. The van der Waals surface area contributed by atoms with Crippen LogP contribution < -0.4 is 11.1 Å². The molecule has 0 radical (unpaired) electrons. The highest BCUT2D eigenvalue weighted by Gasteiger charge is 2.04. The number of thioether (sulfide) groups is 1. The molecule has 0 saturated heterocycles. The van der Waals surface area contributed by atoms with Crippen LogP contribution in [0.3, 0.4) is 0 Å². The van der Waals surface area contributed by atoms with Crippen molar-refractivity contribution >= 4 is 11.8 Å². The fourth-order valence-corrected chi connectivity index (χ4v) is 2.19. The van der Waals surface area contributed by atoms with Crippen molar-refractivity contribution in [3.8, 4) is 0 Å². The zero-order valence-corrected chi connectivity index (χ0v) is 10.0. The third-order valence-corrected chi connectivity index (χ3v) is 3.26. The van der Waals surface area contributed by atoms with Crippen LogP contribution in [-0.4, -0.2) is 14.8 Å². The second-order valence-electron chi connectivity index (χ2n) is 3.47. The molecule has 17 heavy (non-hydrogen) atoms. The van der Waals surface area contributed by atoms with E-state index in [-0.39, 0.29) is 0 Å². The molecule has 0 aliphatic heterocycles. The number of hydrogen-bond acceptors (Lipinski definition) is 4. The van der Waals surface area contributed by atoms with Crippen molar-refractivity contribution < 1.29 is 0 Å². The second kappa shape index (κ2) is 5.01. The van der Waals surface area contributed by atoms with E-state index in [1.807, 2.05) is 30.3 Å². The van der Waals surface area contributed by atoms with Crippen LogP contribution in [0.2, 0.25) is 0 Å². The lowest BCUT2D eigenvalue weighted by Gasteiger charge is -2.05. The Labute approximate surface area is 102 Å². The van der Waals surface area contributed by atoms with E-state index in [4.69, 9.17) is 0 Å². The van der Waals surface area contributed by atoms with Gasteiger partial charge < -0.3 is 0 Å². The monoisotopic (exact) mass is 249 g/mol. The van der Waals surface area contributed by atoms with Gasteiger partial charge in [-0.3, -0.25) is 19.4 Å². The molecule has 1 aromatic heterocycles. The first-order valence-electron chi connectivity index (χ1n) is 5.01. The molecule has 0 aliphatic carbocycles. The topological polar surface area (TPSA) is 67.8 Å². The number of nitrogens with one attached hydrogen (secondary N) is 1. The SMILES string of the molecule is Cn1[nH]c(=O)c(=O)nc1SCc1ccccc1. The van der Waals surface area contributed by atoms with Crippen LogP contribution in [0.25, 0.3) is 0 Å². The first-order chi connectivity index (χ1) is 8.16. The number of H-pyrrole nitrogens is 1. The number of hydrogen-bond donors (Lipinski definition) is 1. The number of aromatic nitrogens is 3. The van der Waals surface area contributed by atoms with Crippen LogP contribution in [-0.2, 0) is 12.8 Å². The zero-order chi connectivity index (χ0) is 12.3. The lowest BCUT2D eigenvalue weighted by molar-refractivity contribution is 0.596. The molecule has 0 atom stereocenters. The molecule has 0 amide bonds. The first-order valence-corrected chi connectivity index (χ1v) is 5.99. The van der Waals surface area contributed by atoms with E-state index in [0.717, 1.165) is 5.56 Å². The maximum atomic E-state index is 11.1. The van der Waals surface area contributed by atoms with Gasteiger partial charge in [-0.15, -0.1) is 0 Å². The molecule has 0 fully saturated rings. The number of nitrogens with zero attached hydrogens (tertiary/aromatic N) is 2. The van der Waals surface area contributed by atoms with Gasteiger partial charge in [0.25, 0.3) is 0 Å². The lowest BCUT2D eigenvalue weighted by Crippen LogP contribution is -2.33. The van der Waals surface area contributed by atoms with Crippen molar-refractivity contribution in [3.05, 3.63) is 56.6 Å². The minimum atomic E-state index is -0.751. The molecule has 1 N–H and O–H groups in total. The average Bonchev–Trinajstić information content (AvgIpc) is 2.33. The Morgan fingerprint density at radius 1 is 1.29 bits per heavy atom. The Hall–Kier alpha value is -1.82. The number of aryl methyl sites for hydroxylation is 1. The Balaban J connectivity index is 2.18. The van der Waals surface area contributed by atoms with Crippen LogP contribution in [0.4, 0.5) is 0 Å². The fourth-order valence-electron chi connectivity index (χ4n) is 1.31. The highest BCUT2D eigenvalue weighted by Crippen LogP contribution is 2.17. The molecule has 6 heteroatoms. The van der Waals surface area contributed by atoms with E-state index in [2.05, 4.69) is 10.1 Å². The normalized spacial score (nSPS) is 10.4. The summed E-state index contributed by atoms with van der Waals surface area (Å²) >= 11 is 1.40. The maximum absolute atomic E-state index is 11.1. The molecule has 0 saturated carbocycles. The quantitative estimate of drug-likeness (QED) is 0.644. The van der Waals surface area contributed by atoms with E-state index in [9.17, 15) is 9.59 Å². The van der Waals surface area contributed by atoms with Crippen molar-refractivity contribution in [2.75, 3.05) is 0 Å². The van der Waals surface area contributed by atoms with E-state index >= 15 is 0 Å². The molecule has 88 valence electrons. The largest absolute Gasteiger partial charge is 0.339 e. The molecule has 0 unspecified atom stereocenters. The average molecular weight is 249 g/mol. The molecular weight excluding hydrogens is 238 g/mol. The highest BCUT2D eigenvalue weighted by molar-refractivity contribution is 7.98. The standard InChI is InChI=1S/C11H11N3O2S/c1-14-11(12-9(15)10(16)13-14)17-7-8-5-3-2-4-6-8/h2-6H,7H2,1H3,(H,13,16). The van der Waals surface area contributed by atoms with Crippen molar-refractivity contribution in [1.82, 2.24) is 14.8 Å². The molecule has 5 nitrogen and oxygen atoms in total. The minimum absolute atomic E-state index is 0.499. The van der Waals surface area contributed by atoms with Crippen LogP contribution in [0.15, 0.2) is 45.1 Å². The summed E-state index contributed by atoms with van der Waals surface area (Å²) in [5.74, 6) is 0.702. The summed E-state index contributed by atoms with van der Waals surface area (Å²) in [5.41, 5.74) is -0.312. The van der Waals surface area contributed by atoms with Crippen molar-refractivity contribution in [2.24, 2.45) is 7.05 Å². The van der Waals surface area contributed by atoms with Gasteiger partial charge >= 0.3 is 11.1 Å². The van der Waals surface area contributed by atoms with Crippen LogP contribution >= 0.6 is 11.8 Å². The molecule has 1 heterocycles. The van der Waals surface area contributed by atoms with E-state index in [0.29, 0.717) is 10.9 Å². The Morgan fingerprint density at radius 3 is 2.71 bits per heavy atom. The maximum Gasteiger partial charge on any atom is 0.339 e. The van der Waals surface area contributed by atoms with Gasteiger partial charge in [-0.2, -0.15) is 4.98 Å². The van der Waals surface area contributed by atoms with Crippen LogP contribution in [0, 0.1) is 0 Å². The van der Waals surface area contributed by atoms with Crippen molar-refractivity contribution in [3.63, 3.8) is 0 Å². The second-order valence-corrected chi connectivity index (χ2v) is 4.42. The van der Waals surface area contributed by atoms with Gasteiger partial charge in [0, 0.05) is 12.8 Å². The van der Waals surface area contributed by atoms with Gasteiger partial charge in [0.2, 0.25) is 0 Å². The van der Waals surface area contributed by atoms with Gasteiger partial charge in [0.1, 0.15) is 0 Å². The molecule has 2 aromatic rings. The van der Waals surface area contributed by atoms with Gasteiger partial charge in [-0.25, -0.2) is 0 Å². The lowest BCUT2D eigenvalue weighted by atomic mass is 10.2. The number of rotatable bonds is 3. The third-order valence-electron chi connectivity index (χ3n) is 2.16. The number of benzene rings is 1. The van der Waals surface area contributed by atoms with Crippen molar-refractivity contribution in [1.29, 1.82) is 0 Å². The van der Waals surface area contributed by atoms with E-state index in [1.54, 1.807) is 7.05 Å². The molecule has 1 aromatic carbocycles. The first kappa shape index (κ1) is 11.7. The minimum Gasteiger partial charge on any atom is -0.265 e. The molecule has 2 rings (SSSR count). The summed E-state index contributed by atoms with van der Waals surface area (Å²) in [5, 5.41) is 2.91. The molecule has 0 aliphatic rings. The third kappa shape index (κ3) is 2.85. The van der Waals surface area contributed by atoms with E-state index in [1.165, 1.54) is 16.4 Å². The summed E-state index contributed by atoms with van der Waals surface area (Å²) < 4.78 is 1.46. The van der Waals surface area contributed by atoms with Gasteiger partial charge in [-0.05, 0) is 5.56 Å². The summed E-state index contributed by atoms with van der Waals surface area (Å²) in [4.78, 5) is 25.8. The van der Waals surface area contributed by atoms with Crippen LogP contribution in [0.5, 0.6) is 0 Å². The van der Waals surface area contributed by atoms with Crippen molar-refractivity contribution in [2.45, 2.75) is 10.9 Å². The predicted molar refractivity (Wildman–Crippen MR) is 66.1 cm³/mol. The molecule has 0 bridgehead atoms. The summed E-state index contributed by atoms with van der Waals surface area (Å²) in [7, 11) is 1.65. The summed E-state index contributed by atoms with van der Waals surface area (Å²) in [6.45, 7) is 0. The van der Waals surface area contributed by atoms with Gasteiger partial charge in [0.05, 0.1) is 0 Å². The highest BCUT2D eigenvalue weighted by atomic mass is 32.2.